The van der Waals surface area contributed by atoms with Gasteiger partial charge < -0.3 is 14.6 Å². The highest BCUT2D eigenvalue weighted by atomic mass is 79.9. The van der Waals surface area contributed by atoms with Crippen LogP contribution in [0.1, 0.15) is 46.6 Å². The van der Waals surface area contributed by atoms with E-state index in [0.717, 1.165) is 75.5 Å². The number of unbranched alkanes of at least 4 members (excludes halogenated alkanes) is 2. The SMILES string of the molecule is Cc1cc(OCCn2c(CCCCCNC(=O)c3cccc(Br)c3)nc3ccccc32)cc(C)c1Cl. The Labute approximate surface area is 226 Å². The zero-order chi connectivity index (χ0) is 25.5. The fraction of sp³-hybridized carbons (Fsp3) is 0.310. The maximum atomic E-state index is 12.3. The van der Waals surface area contributed by atoms with Crippen molar-refractivity contribution in [3.63, 3.8) is 0 Å². The van der Waals surface area contributed by atoms with Gasteiger partial charge in [0.2, 0.25) is 0 Å². The number of carbonyl (C=O) groups excluding carboxylic acids is 1. The number of carbonyl (C=O) groups is 1. The Kier molecular flexibility index (Phi) is 9.05. The minimum atomic E-state index is -0.0378. The van der Waals surface area contributed by atoms with Crippen molar-refractivity contribution in [2.75, 3.05) is 13.2 Å². The molecule has 5 nitrogen and oxygen atoms in total. The molecule has 0 aliphatic carbocycles. The van der Waals surface area contributed by atoms with Crippen molar-refractivity contribution in [1.82, 2.24) is 14.9 Å². The number of benzene rings is 3. The van der Waals surface area contributed by atoms with Crippen LogP contribution < -0.4 is 10.1 Å². The first-order chi connectivity index (χ1) is 17.4. The Morgan fingerprint density at radius 1 is 1.03 bits per heavy atom. The van der Waals surface area contributed by atoms with Gasteiger partial charge in [-0.2, -0.15) is 0 Å². The van der Waals surface area contributed by atoms with Gasteiger partial charge in [0.1, 0.15) is 18.2 Å². The maximum absolute atomic E-state index is 12.3. The number of ether oxygens (including phenoxy) is 1. The molecule has 0 radical (unpaired) electrons. The number of rotatable bonds is 11. The summed E-state index contributed by atoms with van der Waals surface area (Å²) in [6.45, 7) is 5.93. The third-order valence-electron chi connectivity index (χ3n) is 6.18. The molecule has 0 aliphatic rings. The number of aryl methyl sites for hydroxylation is 3. The molecule has 0 unspecified atom stereocenters. The third-order valence-corrected chi connectivity index (χ3v) is 7.27. The molecule has 188 valence electrons. The molecule has 4 aromatic rings. The Morgan fingerprint density at radius 3 is 2.58 bits per heavy atom. The fourth-order valence-corrected chi connectivity index (χ4v) is 4.84. The second-order valence-corrected chi connectivity index (χ2v) is 10.3. The van der Waals surface area contributed by atoms with E-state index in [1.165, 1.54) is 0 Å². The smallest absolute Gasteiger partial charge is 0.251 e. The minimum absolute atomic E-state index is 0.0378. The van der Waals surface area contributed by atoms with Crippen molar-refractivity contribution < 1.29 is 9.53 Å². The quantitative estimate of drug-likeness (QED) is 0.193. The summed E-state index contributed by atoms with van der Waals surface area (Å²) < 4.78 is 9.24. The molecule has 0 spiro atoms. The largest absolute Gasteiger partial charge is 0.492 e. The lowest BCUT2D eigenvalue weighted by Crippen LogP contribution is -2.24. The van der Waals surface area contributed by atoms with E-state index < -0.39 is 0 Å². The third kappa shape index (κ3) is 6.68. The second kappa shape index (κ2) is 12.4. The number of fused-ring (bicyclic) bond motifs is 1. The Morgan fingerprint density at radius 2 is 1.81 bits per heavy atom. The maximum Gasteiger partial charge on any atom is 0.251 e. The molecule has 7 heteroatoms. The molecule has 1 heterocycles. The molecule has 0 atom stereocenters. The minimum Gasteiger partial charge on any atom is -0.492 e. The van der Waals surface area contributed by atoms with Crippen molar-refractivity contribution in [2.45, 2.75) is 46.1 Å². The van der Waals surface area contributed by atoms with E-state index in [1.807, 2.05) is 62.4 Å². The molecule has 0 aliphatic heterocycles. The van der Waals surface area contributed by atoms with Crippen LogP contribution in [0.5, 0.6) is 5.75 Å². The zero-order valence-electron chi connectivity index (χ0n) is 20.7. The van der Waals surface area contributed by atoms with Crippen molar-refractivity contribution >= 4 is 44.5 Å². The summed E-state index contributed by atoms with van der Waals surface area (Å²) in [6, 6.07) is 19.6. The number of hydrogen-bond donors (Lipinski definition) is 1. The zero-order valence-corrected chi connectivity index (χ0v) is 23.0. The predicted molar refractivity (Wildman–Crippen MR) is 150 cm³/mol. The molecule has 1 aromatic heterocycles. The van der Waals surface area contributed by atoms with Gasteiger partial charge in [-0.05, 0) is 80.3 Å². The lowest BCUT2D eigenvalue weighted by atomic mass is 10.1. The number of aromatic nitrogens is 2. The summed E-state index contributed by atoms with van der Waals surface area (Å²) in [5.41, 5.74) is 4.85. The lowest BCUT2D eigenvalue weighted by molar-refractivity contribution is 0.0953. The summed E-state index contributed by atoms with van der Waals surface area (Å²) >= 11 is 9.70. The molecular weight excluding hydrogens is 538 g/mol. The van der Waals surface area contributed by atoms with Crippen LogP contribution in [0.2, 0.25) is 5.02 Å². The summed E-state index contributed by atoms with van der Waals surface area (Å²) in [6.07, 6.45) is 3.83. The van der Waals surface area contributed by atoms with Crippen LogP contribution in [0, 0.1) is 13.8 Å². The van der Waals surface area contributed by atoms with Gasteiger partial charge in [-0.15, -0.1) is 0 Å². The van der Waals surface area contributed by atoms with Gasteiger partial charge in [0, 0.05) is 28.0 Å². The van der Waals surface area contributed by atoms with Crippen LogP contribution in [0.25, 0.3) is 11.0 Å². The number of hydrogen-bond acceptors (Lipinski definition) is 3. The Hall–Kier alpha value is -2.83. The number of para-hydroxylation sites is 2. The van der Waals surface area contributed by atoms with E-state index in [2.05, 4.69) is 37.9 Å². The van der Waals surface area contributed by atoms with Crippen molar-refractivity contribution in [1.29, 1.82) is 0 Å². The van der Waals surface area contributed by atoms with Gasteiger partial charge in [0.25, 0.3) is 5.91 Å². The number of imidazole rings is 1. The van der Waals surface area contributed by atoms with E-state index in [-0.39, 0.29) is 5.91 Å². The van der Waals surface area contributed by atoms with Crippen molar-refractivity contribution in [3.05, 3.63) is 92.7 Å². The van der Waals surface area contributed by atoms with Crippen LogP contribution >= 0.6 is 27.5 Å². The normalized spacial score (nSPS) is 11.1. The predicted octanol–water partition coefficient (Wildman–Crippen LogP) is 7.29. The first-order valence-corrected chi connectivity index (χ1v) is 13.5. The molecule has 4 rings (SSSR count). The molecule has 0 saturated heterocycles. The summed E-state index contributed by atoms with van der Waals surface area (Å²) in [4.78, 5) is 17.2. The van der Waals surface area contributed by atoms with E-state index in [9.17, 15) is 4.79 Å². The number of halogens is 2. The van der Waals surface area contributed by atoms with Crippen LogP contribution in [-0.2, 0) is 13.0 Å². The molecule has 1 amide bonds. The molecule has 0 saturated carbocycles. The summed E-state index contributed by atoms with van der Waals surface area (Å²) in [7, 11) is 0. The van der Waals surface area contributed by atoms with Gasteiger partial charge in [0.15, 0.2) is 0 Å². The van der Waals surface area contributed by atoms with Gasteiger partial charge >= 0.3 is 0 Å². The van der Waals surface area contributed by atoms with E-state index in [1.54, 1.807) is 0 Å². The number of amides is 1. The van der Waals surface area contributed by atoms with Crippen LogP contribution in [0.15, 0.2) is 65.1 Å². The topological polar surface area (TPSA) is 56.1 Å². The monoisotopic (exact) mass is 567 g/mol. The Bertz CT molecular complexity index is 1330. The highest BCUT2D eigenvalue weighted by Crippen LogP contribution is 2.26. The van der Waals surface area contributed by atoms with Crippen LogP contribution in [0.3, 0.4) is 0 Å². The lowest BCUT2D eigenvalue weighted by Gasteiger charge is -2.13. The number of nitrogens with zero attached hydrogens (tertiary/aromatic N) is 2. The van der Waals surface area contributed by atoms with Gasteiger partial charge in [-0.25, -0.2) is 4.98 Å². The average molecular weight is 569 g/mol. The molecule has 1 N–H and O–H groups in total. The summed E-state index contributed by atoms with van der Waals surface area (Å²) in [5.74, 6) is 1.87. The average Bonchev–Trinajstić information content (AvgIpc) is 3.21. The van der Waals surface area contributed by atoms with Gasteiger partial charge in [-0.3, -0.25) is 4.79 Å². The molecule has 0 bridgehead atoms. The van der Waals surface area contributed by atoms with Crippen molar-refractivity contribution in [2.24, 2.45) is 0 Å². The van der Waals surface area contributed by atoms with Gasteiger partial charge in [0.05, 0.1) is 17.6 Å². The van der Waals surface area contributed by atoms with E-state index >= 15 is 0 Å². The van der Waals surface area contributed by atoms with E-state index in [4.69, 9.17) is 21.3 Å². The van der Waals surface area contributed by atoms with E-state index in [0.29, 0.717) is 18.7 Å². The van der Waals surface area contributed by atoms with Crippen molar-refractivity contribution in [3.8, 4) is 5.75 Å². The van der Waals surface area contributed by atoms with Gasteiger partial charge in [-0.1, -0.05) is 52.2 Å². The highest BCUT2D eigenvalue weighted by Gasteiger charge is 2.11. The standard InChI is InChI=1S/C29H31BrClN3O2/c1-20-17-24(18-21(2)28(20)31)36-16-15-34-26-12-6-5-11-25(26)33-27(34)13-4-3-7-14-32-29(35)22-9-8-10-23(30)19-22/h5-6,8-12,17-19H,3-4,7,13-16H2,1-2H3,(H,32,35). The molecular formula is C29H31BrClN3O2. The Balaban J connectivity index is 1.29. The van der Waals surface area contributed by atoms with Crippen LogP contribution in [0.4, 0.5) is 0 Å². The first kappa shape index (κ1) is 26.2. The highest BCUT2D eigenvalue weighted by molar-refractivity contribution is 9.10. The number of nitrogens with one attached hydrogen (secondary N) is 1. The first-order valence-electron chi connectivity index (χ1n) is 12.3. The van der Waals surface area contributed by atoms with Crippen LogP contribution in [-0.4, -0.2) is 28.6 Å². The molecule has 0 fully saturated rings. The molecule has 3 aromatic carbocycles. The second-order valence-electron chi connectivity index (χ2n) is 8.96. The fourth-order valence-electron chi connectivity index (χ4n) is 4.33. The summed E-state index contributed by atoms with van der Waals surface area (Å²) in [5, 5.41) is 3.80. The molecule has 36 heavy (non-hydrogen) atoms.